The molecule has 1 aromatic heterocycles. The van der Waals surface area contributed by atoms with E-state index in [1.54, 1.807) is 13.4 Å². The van der Waals surface area contributed by atoms with Crippen LogP contribution in [0.1, 0.15) is 12.0 Å². The first-order valence-electron chi connectivity index (χ1n) is 7.09. The van der Waals surface area contributed by atoms with Crippen LogP contribution in [0.15, 0.2) is 42.7 Å². The standard InChI is InChI=1S/C16H22N4O/c1-20(12-14-7-4-3-5-8-14)16-11-15(18-13-19-16)17-9-6-10-21-2/h3-5,7-8,11,13H,6,9-10,12H2,1-2H3,(H,17,18,19). The number of rotatable bonds is 8. The SMILES string of the molecule is COCCCNc1cc(N(C)Cc2ccccc2)ncn1. The average Bonchev–Trinajstić information content (AvgIpc) is 2.53. The second-order valence-electron chi connectivity index (χ2n) is 4.88. The Morgan fingerprint density at radius 3 is 2.76 bits per heavy atom. The molecule has 0 aliphatic rings. The zero-order valence-corrected chi connectivity index (χ0v) is 12.6. The van der Waals surface area contributed by atoms with Crippen molar-refractivity contribution in [3.8, 4) is 0 Å². The van der Waals surface area contributed by atoms with Crippen LogP contribution in [0, 0.1) is 0 Å². The zero-order valence-electron chi connectivity index (χ0n) is 12.6. The van der Waals surface area contributed by atoms with E-state index >= 15 is 0 Å². The molecule has 0 saturated carbocycles. The number of ether oxygens (including phenoxy) is 1. The summed E-state index contributed by atoms with van der Waals surface area (Å²) in [6.07, 6.45) is 2.55. The van der Waals surface area contributed by atoms with E-state index in [9.17, 15) is 0 Å². The smallest absolute Gasteiger partial charge is 0.134 e. The normalized spacial score (nSPS) is 10.4. The van der Waals surface area contributed by atoms with E-state index in [2.05, 4.69) is 32.3 Å². The minimum Gasteiger partial charge on any atom is -0.385 e. The monoisotopic (exact) mass is 286 g/mol. The summed E-state index contributed by atoms with van der Waals surface area (Å²) in [5.74, 6) is 1.75. The van der Waals surface area contributed by atoms with E-state index in [1.165, 1.54) is 5.56 Å². The average molecular weight is 286 g/mol. The van der Waals surface area contributed by atoms with Crippen molar-refractivity contribution in [2.45, 2.75) is 13.0 Å². The van der Waals surface area contributed by atoms with E-state index in [1.807, 2.05) is 31.3 Å². The van der Waals surface area contributed by atoms with Crippen LogP contribution in [0.3, 0.4) is 0 Å². The topological polar surface area (TPSA) is 50.3 Å². The predicted octanol–water partition coefficient (Wildman–Crippen LogP) is 2.56. The number of hydrogen-bond acceptors (Lipinski definition) is 5. The Kier molecular flexibility index (Phi) is 5.97. The maximum absolute atomic E-state index is 5.03. The van der Waals surface area contributed by atoms with E-state index in [-0.39, 0.29) is 0 Å². The molecule has 5 nitrogen and oxygen atoms in total. The molecule has 0 radical (unpaired) electrons. The Labute approximate surface area is 126 Å². The van der Waals surface area contributed by atoms with Crippen LogP contribution >= 0.6 is 0 Å². The first-order valence-corrected chi connectivity index (χ1v) is 7.09. The fourth-order valence-electron chi connectivity index (χ4n) is 2.02. The molecule has 21 heavy (non-hydrogen) atoms. The summed E-state index contributed by atoms with van der Waals surface area (Å²) in [5, 5.41) is 3.28. The molecule has 0 saturated heterocycles. The third-order valence-corrected chi connectivity index (χ3v) is 3.14. The van der Waals surface area contributed by atoms with Crippen molar-refractivity contribution in [2.24, 2.45) is 0 Å². The predicted molar refractivity (Wildman–Crippen MR) is 85.6 cm³/mol. The third-order valence-electron chi connectivity index (χ3n) is 3.14. The van der Waals surface area contributed by atoms with E-state index < -0.39 is 0 Å². The highest BCUT2D eigenvalue weighted by Gasteiger charge is 2.05. The molecule has 0 aliphatic carbocycles. The highest BCUT2D eigenvalue weighted by atomic mass is 16.5. The molecular formula is C16H22N4O. The fourth-order valence-corrected chi connectivity index (χ4v) is 2.02. The summed E-state index contributed by atoms with van der Waals surface area (Å²) in [4.78, 5) is 10.7. The summed E-state index contributed by atoms with van der Waals surface area (Å²) in [7, 11) is 3.74. The van der Waals surface area contributed by atoms with Crippen LogP contribution in [-0.2, 0) is 11.3 Å². The quantitative estimate of drug-likeness (QED) is 0.756. The van der Waals surface area contributed by atoms with Gasteiger partial charge in [-0.05, 0) is 12.0 Å². The lowest BCUT2D eigenvalue weighted by atomic mass is 10.2. The first kappa shape index (κ1) is 15.3. The van der Waals surface area contributed by atoms with Crippen LogP contribution in [0.2, 0.25) is 0 Å². The van der Waals surface area contributed by atoms with Gasteiger partial charge in [-0.2, -0.15) is 0 Å². The summed E-state index contributed by atoms with van der Waals surface area (Å²) < 4.78 is 5.03. The van der Waals surface area contributed by atoms with Gasteiger partial charge in [0.25, 0.3) is 0 Å². The van der Waals surface area contributed by atoms with Gasteiger partial charge in [-0.3, -0.25) is 0 Å². The number of nitrogens with zero attached hydrogens (tertiary/aromatic N) is 3. The highest BCUT2D eigenvalue weighted by Crippen LogP contribution is 2.15. The van der Waals surface area contributed by atoms with E-state index in [0.717, 1.165) is 37.8 Å². The molecule has 0 atom stereocenters. The summed E-state index contributed by atoms with van der Waals surface area (Å²) in [6, 6.07) is 12.3. The number of benzene rings is 1. The van der Waals surface area contributed by atoms with Crippen LogP contribution in [-0.4, -0.2) is 37.3 Å². The number of anilines is 2. The van der Waals surface area contributed by atoms with Crippen molar-refractivity contribution < 1.29 is 4.74 Å². The zero-order chi connectivity index (χ0) is 14.9. The summed E-state index contributed by atoms with van der Waals surface area (Å²) in [6.45, 7) is 2.41. The number of hydrogen-bond donors (Lipinski definition) is 1. The fraction of sp³-hybridized carbons (Fsp3) is 0.375. The summed E-state index contributed by atoms with van der Waals surface area (Å²) in [5.41, 5.74) is 1.26. The van der Waals surface area contributed by atoms with Crippen LogP contribution in [0.25, 0.3) is 0 Å². The second-order valence-corrected chi connectivity index (χ2v) is 4.88. The molecule has 2 aromatic rings. The van der Waals surface area contributed by atoms with Gasteiger partial charge in [-0.25, -0.2) is 9.97 Å². The van der Waals surface area contributed by atoms with Gasteiger partial charge < -0.3 is 15.0 Å². The molecule has 112 valence electrons. The molecular weight excluding hydrogens is 264 g/mol. The molecule has 0 fully saturated rings. The Bertz CT molecular complexity index is 533. The van der Waals surface area contributed by atoms with Crippen molar-refractivity contribution in [1.29, 1.82) is 0 Å². The molecule has 0 amide bonds. The Hall–Kier alpha value is -2.14. The van der Waals surface area contributed by atoms with Gasteiger partial charge in [-0.15, -0.1) is 0 Å². The van der Waals surface area contributed by atoms with E-state index in [4.69, 9.17) is 4.74 Å². The van der Waals surface area contributed by atoms with Gasteiger partial charge in [0.1, 0.15) is 18.0 Å². The Balaban J connectivity index is 1.93. The minimum absolute atomic E-state index is 0.749. The molecule has 0 aliphatic heterocycles. The molecule has 1 heterocycles. The maximum Gasteiger partial charge on any atom is 0.134 e. The Morgan fingerprint density at radius 2 is 2.00 bits per heavy atom. The van der Waals surface area contributed by atoms with Crippen LogP contribution < -0.4 is 10.2 Å². The summed E-state index contributed by atoms with van der Waals surface area (Å²) >= 11 is 0. The molecule has 1 aromatic carbocycles. The van der Waals surface area contributed by atoms with Crippen LogP contribution in [0.5, 0.6) is 0 Å². The van der Waals surface area contributed by atoms with Crippen molar-refractivity contribution in [3.05, 3.63) is 48.3 Å². The lowest BCUT2D eigenvalue weighted by molar-refractivity contribution is 0.198. The van der Waals surface area contributed by atoms with Crippen molar-refractivity contribution >= 4 is 11.6 Å². The minimum atomic E-state index is 0.749. The maximum atomic E-state index is 5.03. The van der Waals surface area contributed by atoms with E-state index in [0.29, 0.717) is 0 Å². The van der Waals surface area contributed by atoms with Gasteiger partial charge >= 0.3 is 0 Å². The van der Waals surface area contributed by atoms with Gasteiger partial charge in [0.15, 0.2) is 0 Å². The number of methoxy groups -OCH3 is 1. The lowest BCUT2D eigenvalue weighted by Crippen LogP contribution is -2.18. The highest BCUT2D eigenvalue weighted by molar-refractivity contribution is 5.48. The van der Waals surface area contributed by atoms with Crippen molar-refractivity contribution in [1.82, 2.24) is 9.97 Å². The molecule has 2 rings (SSSR count). The third kappa shape index (κ3) is 5.04. The molecule has 1 N–H and O–H groups in total. The second kappa shape index (κ2) is 8.21. The first-order chi connectivity index (χ1) is 10.3. The Morgan fingerprint density at radius 1 is 1.19 bits per heavy atom. The molecule has 0 unspecified atom stereocenters. The molecule has 5 heteroatoms. The van der Waals surface area contributed by atoms with Gasteiger partial charge in [-0.1, -0.05) is 30.3 Å². The number of aromatic nitrogens is 2. The van der Waals surface area contributed by atoms with Gasteiger partial charge in [0.2, 0.25) is 0 Å². The molecule has 0 spiro atoms. The van der Waals surface area contributed by atoms with Crippen molar-refractivity contribution in [2.75, 3.05) is 37.5 Å². The number of nitrogens with one attached hydrogen (secondary N) is 1. The van der Waals surface area contributed by atoms with Gasteiger partial charge in [0, 0.05) is 39.9 Å². The van der Waals surface area contributed by atoms with Crippen LogP contribution in [0.4, 0.5) is 11.6 Å². The molecule has 0 bridgehead atoms. The van der Waals surface area contributed by atoms with Crippen molar-refractivity contribution in [3.63, 3.8) is 0 Å². The van der Waals surface area contributed by atoms with Gasteiger partial charge in [0.05, 0.1) is 0 Å². The lowest BCUT2D eigenvalue weighted by Gasteiger charge is -2.18. The largest absolute Gasteiger partial charge is 0.385 e.